The maximum atomic E-state index is 11.7. The summed E-state index contributed by atoms with van der Waals surface area (Å²) in [6.45, 7) is 8.38. The highest BCUT2D eigenvalue weighted by Gasteiger charge is 2.11. The average Bonchev–Trinajstić information content (AvgIpc) is 2.20. The Bertz CT molecular complexity index is 410. The van der Waals surface area contributed by atoms with E-state index in [0.29, 0.717) is 6.54 Å². The van der Waals surface area contributed by atoms with E-state index in [-0.39, 0.29) is 11.4 Å². The summed E-state index contributed by atoms with van der Waals surface area (Å²) in [6, 6.07) is 5.83. The second-order valence-electron chi connectivity index (χ2n) is 5.11. The van der Waals surface area contributed by atoms with E-state index in [1.807, 2.05) is 45.9 Å². The van der Waals surface area contributed by atoms with Crippen LogP contribution in [0.1, 0.15) is 26.3 Å². The molecule has 3 nitrogen and oxygen atoms in total. The third-order valence-electron chi connectivity index (χ3n) is 2.25. The summed E-state index contributed by atoms with van der Waals surface area (Å²) >= 11 is 3.39. The summed E-state index contributed by atoms with van der Waals surface area (Å²) in [4.78, 5) is 11.7. The Morgan fingerprint density at radius 3 is 2.59 bits per heavy atom. The second kappa shape index (κ2) is 5.65. The first-order chi connectivity index (χ1) is 7.78. The molecule has 0 aliphatic carbocycles. The molecule has 0 spiro atoms. The smallest absolute Gasteiger partial charge is 0.238 e. The summed E-state index contributed by atoms with van der Waals surface area (Å²) in [5.41, 5.74) is 1.85. The molecule has 0 radical (unpaired) electrons. The lowest BCUT2D eigenvalue weighted by Gasteiger charge is -2.20. The average molecular weight is 299 g/mol. The first-order valence-electron chi connectivity index (χ1n) is 5.59. The Hall–Kier alpha value is -0.870. The van der Waals surface area contributed by atoms with Gasteiger partial charge in [-0.2, -0.15) is 0 Å². The van der Waals surface area contributed by atoms with Gasteiger partial charge in [0, 0.05) is 15.7 Å². The molecule has 0 aliphatic rings. The topological polar surface area (TPSA) is 41.1 Å². The van der Waals surface area contributed by atoms with Crippen molar-refractivity contribution in [3.8, 4) is 0 Å². The summed E-state index contributed by atoms with van der Waals surface area (Å²) in [6.07, 6.45) is 0. The van der Waals surface area contributed by atoms with Crippen LogP contribution >= 0.6 is 15.9 Å². The molecule has 0 unspecified atom stereocenters. The molecule has 0 saturated carbocycles. The molecule has 0 heterocycles. The number of nitrogens with one attached hydrogen (secondary N) is 2. The first-order valence-corrected chi connectivity index (χ1v) is 6.38. The maximum absolute atomic E-state index is 11.7. The molecule has 4 heteroatoms. The van der Waals surface area contributed by atoms with E-state index in [2.05, 4.69) is 26.6 Å². The number of carbonyl (C=O) groups excluding carboxylic acids is 1. The van der Waals surface area contributed by atoms with Crippen LogP contribution in [0.5, 0.6) is 0 Å². The molecule has 1 amide bonds. The number of hydrogen-bond donors (Lipinski definition) is 2. The number of amides is 1. The van der Waals surface area contributed by atoms with Gasteiger partial charge < -0.3 is 10.6 Å². The van der Waals surface area contributed by atoms with E-state index >= 15 is 0 Å². The lowest BCUT2D eigenvalue weighted by atomic mass is 10.1. The molecule has 1 aromatic rings. The fourth-order valence-corrected chi connectivity index (χ4v) is 1.63. The van der Waals surface area contributed by atoms with Crippen LogP contribution in [-0.4, -0.2) is 18.0 Å². The second-order valence-corrected chi connectivity index (χ2v) is 6.03. The Balaban J connectivity index is 2.59. The summed E-state index contributed by atoms with van der Waals surface area (Å²) < 4.78 is 0.960. The number of benzene rings is 1. The van der Waals surface area contributed by atoms with Crippen LogP contribution in [0.15, 0.2) is 22.7 Å². The van der Waals surface area contributed by atoms with E-state index in [1.54, 1.807) is 0 Å². The fourth-order valence-electron chi connectivity index (χ4n) is 1.27. The number of aryl methyl sites for hydroxylation is 1. The molecule has 0 fully saturated rings. The SMILES string of the molecule is Cc1ccc(Br)cc1NC(=O)CNC(C)(C)C. The first kappa shape index (κ1) is 14.2. The third kappa shape index (κ3) is 5.33. The third-order valence-corrected chi connectivity index (χ3v) is 2.75. The predicted molar refractivity (Wildman–Crippen MR) is 75.3 cm³/mol. The van der Waals surface area contributed by atoms with Gasteiger partial charge in [-0.1, -0.05) is 22.0 Å². The van der Waals surface area contributed by atoms with Crippen LogP contribution < -0.4 is 10.6 Å². The number of halogens is 1. The molecular weight excluding hydrogens is 280 g/mol. The molecule has 0 aliphatic heterocycles. The highest BCUT2D eigenvalue weighted by atomic mass is 79.9. The van der Waals surface area contributed by atoms with Crippen molar-refractivity contribution in [2.24, 2.45) is 0 Å². The van der Waals surface area contributed by atoms with Gasteiger partial charge in [0.25, 0.3) is 0 Å². The van der Waals surface area contributed by atoms with Gasteiger partial charge in [-0.15, -0.1) is 0 Å². The van der Waals surface area contributed by atoms with Gasteiger partial charge in [0.15, 0.2) is 0 Å². The normalized spacial score (nSPS) is 11.4. The molecule has 1 rings (SSSR count). The molecule has 94 valence electrons. The molecule has 1 aromatic carbocycles. The van der Waals surface area contributed by atoms with Gasteiger partial charge in [-0.05, 0) is 45.4 Å². The monoisotopic (exact) mass is 298 g/mol. The van der Waals surface area contributed by atoms with Crippen molar-refractivity contribution in [2.45, 2.75) is 33.2 Å². The van der Waals surface area contributed by atoms with Crippen molar-refractivity contribution in [1.29, 1.82) is 0 Å². The molecule has 0 bridgehead atoms. The molecule has 0 aromatic heterocycles. The predicted octanol–water partition coefficient (Wildman–Crippen LogP) is 3.08. The zero-order chi connectivity index (χ0) is 13.1. The standard InChI is InChI=1S/C13H19BrN2O/c1-9-5-6-10(14)7-11(9)16-12(17)8-15-13(2,3)4/h5-7,15H,8H2,1-4H3,(H,16,17). The van der Waals surface area contributed by atoms with Crippen LogP contribution in [0.4, 0.5) is 5.69 Å². The lowest BCUT2D eigenvalue weighted by molar-refractivity contribution is -0.115. The quantitative estimate of drug-likeness (QED) is 0.900. The molecule has 0 atom stereocenters. The molecular formula is C13H19BrN2O. The summed E-state index contributed by atoms with van der Waals surface area (Å²) in [5, 5.41) is 6.04. The minimum Gasteiger partial charge on any atom is -0.325 e. The lowest BCUT2D eigenvalue weighted by Crippen LogP contribution is -2.41. The van der Waals surface area contributed by atoms with Crippen LogP contribution in [0.2, 0.25) is 0 Å². The zero-order valence-electron chi connectivity index (χ0n) is 10.7. The number of hydrogen-bond acceptors (Lipinski definition) is 2. The van der Waals surface area contributed by atoms with E-state index in [0.717, 1.165) is 15.7 Å². The van der Waals surface area contributed by atoms with Crippen molar-refractivity contribution in [3.63, 3.8) is 0 Å². The van der Waals surface area contributed by atoms with E-state index in [9.17, 15) is 4.79 Å². The van der Waals surface area contributed by atoms with E-state index in [4.69, 9.17) is 0 Å². The minimum atomic E-state index is -0.0519. The van der Waals surface area contributed by atoms with E-state index in [1.165, 1.54) is 0 Å². The van der Waals surface area contributed by atoms with Crippen LogP contribution in [0, 0.1) is 6.92 Å². The van der Waals surface area contributed by atoms with Gasteiger partial charge >= 0.3 is 0 Å². The van der Waals surface area contributed by atoms with Gasteiger partial charge in [0.05, 0.1) is 6.54 Å². The molecule has 0 saturated heterocycles. The summed E-state index contributed by atoms with van der Waals surface area (Å²) in [5.74, 6) is -0.0267. The van der Waals surface area contributed by atoms with Crippen molar-refractivity contribution >= 4 is 27.5 Å². The number of rotatable bonds is 3. The maximum Gasteiger partial charge on any atom is 0.238 e. The minimum absolute atomic E-state index is 0.0267. The summed E-state index contributed by atoms with van der Waals surface area (Å²) in [7, 11) is 0. The van der Waals surface area contributed by atoms with Gasteiger partial charge in [-0.25, -0.2) is 0 Å². The zero-order valence-corrected chi connectivity index (χ0v) is 12.3. The van der Waals surface area contributed by atoms with Gasteiger partial charge in [-0.3, -0.25) is 4.79 Å². The molecule has 17 heavy (non-hydrogen) atoms. The highest BCUT2D eigenvalue weighted by Crippen LogP contribution is 2.20. The Morgan fingerprint density at radius 1 is 1.35 bits per heavy atom. The Labute approximate surface area is 111 Å². The Kier molecular flexibility index (Phi) is 4.71. The fraction of sp³-hybridized carbons (Fsp3) is 0.462. The number of anilines is 1. The van der Waals surface area contributed by atoms with Crippen LogP contribution in [-0.2, 0) is 4.79 Å². The van der Waals surface area contributed by atoms with Crippen LogP contribution in [0.25, 0.3) is 0 Å². The van der Waals surface area contributed by atoms with Crippen LogP contribution in [0.3, 0.4) is 0 Å². The van der Waals surface area contributed by atoms with Crippen molar-refractivity contribution in [3.05, 3.63) is 28.2 Å². The largest absolute Gasteiger partial charge is 0.325 e. The van der Waals surface area contributed by atoms with E-state index < -0.39 is 0 Å². The Morgan fingerprint density at radius 2 is 2.00 bits per heavy atom. The van der Waals surface area contributed by atoms with Crippen molar-refractivity contribution in [2.75, 3.05) is 11.9 Å². The van der Waals surface area contributed by atoms with Gasteiger partial charge in [0.2, 0.25) is 5.91 Å². The number of carbonyl (C=O) groups is 1. The van der Waals surface area contributed by atoms with Crippen molar-refractivity contribution in [1.82, 2.24) is 5.32 Å². The molecule has 2 N–H and O–H groups in total. The highest BCUT2D eigenvalue weighted by molar-refractivity contribution is 9.10. The van der Waals surface area contributed by atoms with Gasteiger partial charge in [0.1, 0.15) is 0 Å². The van der Waals surface area contributed by atoms with Crippen molar-refractivity contribution < 1.29 is 4.79 Å².